The minimum Gasteiger partial charge on any atom is -0.493 e. The van der Waals surface area contributed by atoms with Crippen LogP contribution >= 0.6 is 0 Å². The molecule has 5 amide bonds. The van der Waals surface area contributed by atoms with E-state index in [1.165, 1.54) is 20.1 Å². The van der Waals surface area contributed by atoms with Crippen LogP contribution in [0.3, 0.4) is 0 Å². The number of imide groups is 2. The van der Waals surface area contributed by atoms with Crippen LogP contribution in [0.5, 0.6) is 11.5 Å². The largest absolute Gasteiger partial charge is 0.534 e. The highest BCUT2D eigenvalue weighted by Gasteiger charge is 2.34. The summed E-state index contributed by atoms with van der Waals surface area (Å²) >= 11 is 0. The number of rotatable bonds is 13. The van der Waals surface area contributed by atoms with Crippen LogP contribution in [0, 0.1) is 10.1 Å². The molecule has 2 aliphatic heterocycles. The normalized spacial score (nSPS) is 15.3. The molecule has 1 saturated heterocycles. The lowest BCUT2D eigenvalue weighted by Gasteiger charge is -2.18. The maximum absolute atomic E-state index is 12.1. The number of ether oxygens (including phenoxy) is 3. The molecule has 1 N–H and O–H groups in total. The third kappa shape index (κ3) is 7.30. The summed E-state index contributed by atoms with van der Waals surface area (Å²) in [7, 11) is 1.29. The number of nitro benzene ring substituents is 1. The second-order valence-corrected chi connectivity index (χ2v) is 8.47. The molecule has 40 heavy (non-hydrogen) atoms. The number of hydrogen-bond acceptors (Lipinski definition) is 12. The van der Waals surface area contributed by atoms with Gasteiger partial charge in [0.25, 0.3) is 29.3 Å². The predicted molar refractivity (Wildman–Crippen MR) is 130 cm³/mol. The molecule has 3 rings (SSSR count). The second kappa shape index (κ2) is 13.2. The number of methoxy groups -OCH3 is 1. The molecule has 0 spiro atoms. The van der Waals surface area contributed by atoms with Gasteiger partial charge in [0.15, 0.2) is 11.5 Å². The average Bonchev–Trinajstić information content (AvgIpc) is 3.40. The molecule has 0 aromatic heterocycles. The van der Waals surface area contributed by atoms with Crippen molar-refractivity contribution in [3.8, 4) is 11.5 Å². The molecule has 0 bridgehead atoms. The van der Waals surface area contributed by atoms with Gasteiger partial charge in [-0.15, -0.1) is 0 Å². The fourth-order valence-electron chi connectivity index (χ4n) is 3.74. The minimum atomic E-state index is -1.40. The number of amides is 5. The van der Waals surface area contributed by atoms with Crippen LogP contribution < -0.4 is 14.8 Å². The molecule has 1 aromatic carbocycles. The van der Waals surface area contributed by atoms with Crippen molar-refractivity contribution in [3.63, 3.8) is 0 Å². The van der Waals surface area contributed by atoms with E-state index in [2.05, 4.69) is 10.2 Å². The molecule has 16 heteroatoms. The van der Waals surface area contributed by atoms with Gasteiger partial charge in [0, 0.05) is 44.5 Å². The Bertz CT molecular complexity index is 1230. The lowest BCUT2D eigenvalue weighted by molar-refractivity contribution is -0.386. The van der Waals surface area contributed by atoms with Crippen molar-refractivity contribution in [3.05, 3.63) is 40.0 Å². The first-order valence-electron chi connectivity index (χ1n) is 12.1. The first-order chi connectivity index (χ1) is 19.0. The van der Waals surface area contributed by atoms with E-state index in [0.29, 0.717) is 0 Å². The van der Waals surface area contributed by atoms with Crippen molar-refractivity contribution in [1.82, 2.24) is 15.3 Å². The number of benzene rings is 1. The van der Waals surface area contributed by atoms with E-state index in [1.54, 1.807) is 0 Å². The molecule has 2 aliphatic rings. The average molecular weight is 562 g/mol. The SMILES string of the molecule is COc1cc(C(C)OC(=O)ON2C(=O)CCC2=O)c([N+](=O)[O-])cc1OCCCC(=O)NCCN1C(=O)C=CC1=O. The highest BCUT2D eigenvalue weighted by Crippen LogP contribution is 2.38. The van der Waals surface area contributed by atoms with Gasteiger partial charge in [0.2, 0.25) is 5.91 Å². The van der Waals surface area contributed by atoms with Gasteiger partial charge in [-0.05, 0) is 19.4 Å². The highest BCUT2D eigenvalue weighted by molar-refractivity contribution is 6.12. The lowest BCUT2D eigenvalue weighted by Crippen LogP contribution is -2.38. The Morgan fingerprint density at radius 2 is 1.73 bits per heavy atom. The number of hydrogen-bond donors (Lipinski definition) is 1. The number of nitrogens with zero attached hydrogens (tertiary/aromatic N) is 3. The molecule has 1 atom stereocenters. The Labute approximate surface area is 226 Å². The van der Waals surface area contributed by atoms with Crippen molar-refractivity contribution in [2.75, 3.05) is 26.8 Å². The molecule has 214 valence electrons. The summed E-state index contributed by atoms with van der Waals surface area (Å²) < 4.78 is 15.9. The Hall–Kier alpha value is -5.02. The highest BCUT2D eigenvalue weighted by atomic mass is 16.8. The number of nitrogens with one attached hydrogen (secondary N) is 1. The van der Waals surface area contributed by atoms with Crippen LogP contribution in [0.2, 0.25) is 0 Å². The van der Waals surface area contributed by atoms with Gasteiger partial charge in [-0.2, -0.15) is 0 Å². The zero-order valence-corrected chi connectivity index (χ0v) is 21.6. The fourth-order valence-corrected chi connectivity index (χ4v) is 3.74. The van der Waals surface area contributed by atoms with Gasteiger partial charge >= 0.3 is 6.16 Å². The van der Waals surface area contributed by atoms with Crippen LogP contribution in [-0.4, -0.2) is 77.4 Å². The van der Waals surface area contributed by atoms with Crippen molar-refractivity contribution in [1.29, 1.82) is 0 Å². The van der Waals surface area contributed by atoms with E-state index in [1.807, 2.05) is 0 Å². The molecular weight excluding hydrogens is 536 g/mol. The molecule has 2 heterocycles. The number of hydroxylamine groups is 2. The van der Waals surface area contributed by atoms with Crippen molar-refractivity contribution >= 4 is 41.4 Å². The van der Waals surface area contributed by atoms with Gasteiger partial charge < -0.3 is 19.5 Å². The summed E-state index contributed by atoms with van der Waals surface area (Å²) in [6, 6.07) is 2.31. The molecule has 0 saturated carbocycles. The second-order valence-electron chi connectivity index (χ2n) is 8.47. The van der Waals surface area contributed by atoms with Gasteiger partial charge in [-0.25, -0.2) is 4.79 Å². The maximum Gasteiger partial charge on any atom is 0.534 e. The molecule has 1 unspecified atom stereocenters. The minimum absolute atomic E-state index is 0.0000435. The molecule has 1 fully saturated rings. The van der Waals surface area contributed by atoms with E-state index in [4.69, 9.17) is 14.2 Å². The summed E-state index contributed by atoms with van der Waals surface area (Å²) in [5, 5.41) is 14.6. The summed E-state index contributed by atoms with van der Waals surface area (Å²) in [5.74, 6) is -2.59. The Morgan fingerprint density at radius 3 is 2.33 bits per heavy atom. The van der Waals surface area contributed by atoms with E-state index in [0.717, 1.165) is 23.1 Å². The number of nitro groups is 1. The number of carbonyl (C=O) groups is 6. The third-order valence-electron chi connectivity index (χ3n) is 5.76. The van der Waals surface area contributed by atoms with Crippen LogP contribution in [-0.2, 0) is 33.5 Å². The van der Waals surface area contributed by atoms with Crippen molar-refractivity contribution in [2.45, 2.75) is 38.7 Å². The van der Waals surface area contributed by atoms with Crippen molar-refractivity contribution < 1.29 is 52.7 Å². The van der Waals surface area contributed by atoms with Crippen LogP contribution in [0.25, 0.3) is 0 Å². The van der Waals surface area contributed by atoms with Crippen LogP contribution in [0.4, 0.5) is 10.5 Å². The summed E-state index contributed by atoms with van der Waals surface area (Å²) in [6.45, 7) is 1.43. The third-order valence-corrected chi connectivity index (χ3v) is 5.76. The van der Waals surface area contributed by atoms with E-state index in [9.17, 15) is 38.9 Å². The summed E-state index contributed by atoms with van der Waals surface area (Å²) in [4.78, 5) is 87.0. The Balaban J connectivity index is 1.53. The topological polar surface area (TPSA) is 201 Å². The Kier molecular flexibility index (Phi) is 9.72. The van der Waals surface area contributed by atoms with E-state index >= 15 is 0 Å². The van der Waals surface area contributed by atoms with Gasteiger partial charge in [0.1, 0.15) is 6.10 Å². The van der Waals surface area contributed by atoms with Crippen LogP contribution in [0.15, 0.2) is 24.3 Å². The standard InChI is InChI=1S/C24H26N4O12/c1-14(39-24(34)40-27-22(32)7-8-23(27)33)15-12-17(37-2)18(13-16(15)28(35)36)38-11-3-4-19(29)25-9-10-26-20(30)5-6-21(26)31/h5-6,12-14H,3-4,7-11H2,1-2H3,(H,25,29). The summed E-state index contributed by atoms with van der Waals surface area (Å²) in [6.07, 6.45) is -0.306. The molecule has 0 aliphatic carbocycles. The van der Waals surface area contributed by atoms with Gasteiger partial charge in [0.05, 0.1) is 30.3 Å². The first kappa shape index (κ1) is 29.5. The zero-order valence-electron chi connectivity index (χ0n) is 21.6. The van der Waals surface area contributed by atoms with Gasteiger partial charge in [-0.3, -0.25) is 43.8 Å². The van der Waals surface area contributed by atoms with Crippen LogP contribution in [0.1, 0.15) is 44.3 Å². The molecular formula is C24H26N4O12. The smallest absolute Gasteiger partial charge is 0.493 e. The van der Waals surface area contributed by atoms with Crippen molar-refractivity contribution in [2.24, 2.45) is 0 Å². The molecule has 16 nitrogen and oxygen atoms in total. The quantitative estimate of drug-likeness (QED) is 0.118. The zero-order chi connectivity index (χ0) is 29.4. The fraction of sp³-hybridized carbons (Fsp3) is 0.417. The molecule has 1 aromatic rings. The molecule has 0 radical (unpaired) electrons. The monoisotopic (exact) mass is 562 g/mol. The van der Waals surface area contributed by atoms with Gasteiger partial charge in [-0.1, -0.05) is 5.06 Å². The predicted octanol–water partition coefficient (Wildman–Crippen LogP) is 1.08. The summed E-state index contributed by atoms with van der Waals surface area (Å²) in [5.41, 5.74) is -0.544. The van der Waals surface area contributed by atoms with E-state index < -0.39 is 46.5 Å². The maximum atomic E-state index is 12.1. The lowest BCUT2D eigenvalue weighted by atomic mass is 10.1. The number of carbonyl (C=O) groups excluding carboxylic acids is 6. The first-order valence-corrected chi connectivity index (χ1v) is 12.1. The van der Waals surface area contributed by atoms with E-state index in [-0.39, 0.29) is 73.4 Å². The Morgan fingerprint density at radius 1 is 1.07 bits per heavy atom.